The predicted molar refractivity (Wildman–Crippen MR) is 106 cm³/mol. The summed E-state index contributed by atoms with van der Waals surface area (Å²) < 4.78 is 2.14. The number of rotatable bonds is 5. The molecule has 7 nitrogen and oxygen atoms in total. The van der Waals surface area contributed by atoms with Crippen molar-refractivity contribution in [3.05, 3.63) is 60.7 Å². The van der Waals surface area contributed by atoms with E-state index in [1.165, 1.54) is 0 Å². The van der Waals surface area contributed by atoms with Gasteiger partial charge in [-0.2, -0.15) is 0 Å². The number of amides is 1. The van der Waals surface area contributed by atoms with Crippen molar-refractivity contribution in [2.45, 2.75) is 45.2 Å². The number of hydrogen-bond acceptors (Lipinski definition) is 5. The van der Waals surface area contributed by atoms with Crippen molar-refractivity contribution in [1.29, 1.82) is 0 Å². The number of piperidine rings is 1. The normalized spacial score (nSPS) is 16.9. The number of hydrogen-bond donors (Lipinski definition) is 0. The molecule has 1 fully saturated rings. The molecule has 0 bridgehead atoms. The van der Waals surface area contributed by atoms with Crippen molar-refractivity contribution < 1.29 is 4.79 Å². The maximum Gasteiger partial charge on any atom is 0.257 e. The number of imidazole rings is 1. The van der Waals surface area contributed by atoms with Gasteiger partial charge >= 0.3 is 0 Å². The van der Waals surface area contributed by atoms with Crippen molar-refractivity contribution in [3.63, 3.8) is 0 Å². The first-order chi connectivity index (χ1) is 13.7. The highest BCUT2D eigenvalue weighted by Crippen LogP contribution is 2.23. The number of pyridine rings is 1. The molecule has 144 valence electrons. The maximum absolute atomic E-state index is 13.1. The highest BCUT2D eigenvalue weighted by Gasteiger charge is 2.27. The summed E-state index contributed by atoms with van der Waals surface area (Å²) in [7, 11) is 0. The number of carbonyl (C=O) groups excluding carboxylic acids is 1. The van der Waals surface area contributed by atoms with E-state index in [-0.39, 0.29) is 11.9 Å². The average molecular weight is 376 g/mol. The first kappa shape index (κ1) is 18.3. The molecular formula is C21H24N6O. The Hall–Kier alpha value is -3.09. The topological polar surface area (TPSA) is 76.8 Å². The summed E-state index contributed by atoms with van der Waals surface area (Å²) in [6.45, 7) is 3.67. The molecule has 1 saturated heterocycles. The van der Waals surface area contributed by atoms with E-state index in [1.807, 2.05) is 36.4 Å². The molecule has 0 aromatic carbocycles. The molecule has 4 heterocycles. The molecule has 3 aromatic rings. The van der Waals surface area contributed by atoms with E-state index in [1.54, 1.807) is 24.8 Å². The summed E-state index contributed by atoms with van der Waals surface area (Å²) in [5.41, 5.74) is 1.43. The lowest BCUT2D eigenvalue weighted by Crippen LogP contribution is -2.44. The number of nitrogens with zero attached hydrogens (tertiary/aromatic N) is 6. The first-order valence-corrected chi connectivity index (χ1v) is 9.73. The van der Waals surface area contributed by atoms with Crippen LogP contribution in [-0.4, -0.2) is 47.9 Å². The molecule has 0 N–H and O–H groups in total. The van der Waals surface area contributed by atoms with E-state index in [4.69, 9.17) is 0 Å². The largest absolute Gasteiger partial charge is 0.336 e. The van der Waals surface area contributed by atoms with Crippen LogP contribution in [0, 0.1) is 6.92 Å². The van der Waals surface area contributed by atoms with Crippen LogP contribution in [0.25, 0.3) is 11.4 Å². The summed E-state index contributed by atoms with van der Waals surface area (Å²) in [5, 5.41) is 0. The minimum atomic E-state index is 0.0216. The summed E-state index contributed by atoms with van der Waals surface area (Å²) in [4.78, 5) is 32.2. The molecule has 0 aliphatic carbocycles. The molecule has 0 saturated carbocycles. The van der Waals surface area contributed by atoms with Gasteiger partial charge in [0.2, 0.25) is 0 Å². The second kappa shape index (κ2) is 8.29. The van der Waals surface area contributed by atoms with Crippen molar-refractivity contribution in [3.8, 4) is 11.4 Å². The van der Waals surface area contributed by atoms with Crippen LogP contribution in [0.1, 0.15) is 41.9 Å². The Labute approximate surface area is 164 Å². The third-order valence-electron chi connectivity index (χ3n) is 5.35. The highest BCUT2D eigenvalue weighted by atomic mass is 16.2. The van der Waals surface area contributed by atoms with Gasteiger partial charge in [0.25, 0.3) is 5.91 Å². The Balaban J connectivity index is 1.46. The van der Waals surface area contributed by atoms with E-state index < -0.39 is 0 Å². The third-order valence-corrected chi connectivity index (χ3v) is 5.35. The van der Waals surface area contributed by atoms with Gasteiger partial charge < -0.3 is 9.47 Å². The lowest BCUT2D eigenvalue weighted by Gasteiger charge is -2.36. The van der Waals surface area contributed by atoms with Crippen LogP contribution in [0.2, 0.25) is 0 Å². The van der Waals surface area contributed by atoms with Crippen LogP contribution in [0.4, 0.5) is 0 Å². The van der Waals surface area contributed by atoms with Crippen molar-refractivity contribution in [2.75, 3.05) is 6.54 Å². The Morgan fingerprint density at radius 2 is 1.89 bits per heavy atom. The molecule has 7 heteroatoms. The Morgan fingerprint density at radius 3 is 2.61 bits per heavy atom. The second-order valence-electron chi connectivity index (χ2n) is 7.14. The Kier molecular flexibility index (Phi) is 5.41. The van der Waals surface area contributed by atoms with Crippen LogP contribution < -0.4 is 0 Å². The molecule has 0 radical (unpaired) electrons. The molecule has 1 aliphatic rings. The average Bonchev–Trinajstić information content (AvgIpc) is 3.17. The number of aryl methyl sites for hydroxylation is 2. The number of carbonyl (C=O) groups is 1. The molecule has 4 rings (SSSR count). The first-order valence-electron chi connectivity index (χ1n) is 9.73. The lowest BCUT2D eigenvalue weighted by atomic mass is 9.98. The molecule has 0 spiro atoms. The van der Waals surface area contributed by atoms with Gasteiger partial charge in [-0.15, -0.1) is 0 Å². The van der Waals surface area contributed by atoms with Crippen LogP contribution in [0.15, 0.2) is 49.3 Å². The van der Waals surface area contributed by atoms with Crippen LogP contribution in [-0.2, 0) is 6.54 Å². The minimum absolute atomic E-state index is 0.0216. The van der Waals surface area contributed by atoms with Gasteiger partial charge in [-0.3, -0.25) is 9.78 Å². The van der Waals surface area contributed by atoms with Gasteiger partial charge in [0.1, 0.15) is 5.82 Å². The molecule has 0 unspecified atom stereocenters. The fourth-order valence-electron chi connectivity index (χ4n) is 3.75. The molecule has 28 heavy (non-hydrogen) atoms. The fourth-order valence-corrected chi connectivity index (χ4v) is 3.75. The zero-order valence-electron chi connectivity index (χ0n) is 16.0. The van der Waals surface area contributed by atoms with Crippen LogP contribution >= 0.6 is 0 Å². The van der Waals surface area contributed by atoms with Crippen molar-refractivity contribution in [2.24, 2.45) is 0 Å². The maximum atomic E-state index is 13.1. The van der Waals surface area contributed by atoms with Gasteiger partial charge in [0, 0.05) is 61.9 Å². The number of likely N-dealkylation sites (tertiary alicyclic amines) is 1. The standard InChI is InChI=1S/C21H24N6O/c1-16-23-10-13-26(16)12-7-19-4-2-3-11-27(19)21(28)18-14-24-20(25-15-18)17-5-8-22-9-6-17/h5-6,8-10,13-15,19H,2-4,7,11-12H2,1H3/t19-/m0/s1. The molecule has 3 aromatic heterocycles. The number of aromatic nitrogens is 5. The third kappa shape index (κ3) is 3.93. The fraction of sp³-hybridized carbons (Fsp3) is 0.381. The summed E-state index contributed by atoms with van der Waals surface area (Å²) >= 11 is 0. The van der Waals surface area contributed by atoms with Gasteiger partial charge in [-0.1, -0.05) is 0 Å². The van der Waals surface area contributed by atoms with Crippen LogP contribution in [0.5, 0.6) is 0 Å². The zero-order valence-corrected chi connectivity index (χ0v) is 16.0. The Morgan fingerprint density at radius 1 is 1.11 bits per heavy atom. The zero-order chi connectivity index (χ0) is 19.3. The summed E-state index contributed by atoms with van der Waals surface area (Å²) in [6.07, 6.45) is 14.7. The van der Waals surface area contributed by atoms with E-state index in [0.717, 1.165) is 50.2 Å². The van der Waals surface area contributed by atoms with Crippen molar-refractivity contribution >= 4 is 5.91 Å². The molecular weight excluding hydrogens is 352 g/mol. The molecule has 1 amide bonds. The smallest absolute Gasteiger partial charge is 0.257 e. The van der Waals surface area contributed by atoms with E-state index in [9.17, 15) is 4.79 Å². The summed E-state index contributed by atoms with van der Waals surface area (Å²) in [5.74, 6) is 1.63. The van der Waals surface area contributed by atoms with Crippen LogP contribution in [0.3, 0.4) is 0 Å². The van der Waals surface area contributed by atoms with E-state index >= 15 is 0 Å². The van der Waals surface area contributed by atoms with Gasteiger partial charge in [0.15, 0.2) is 5.82 Å². The second-order valence-corrected chi connectivity index (χ2v) is 7.14. The van der Waals surface area contributed by atoms with Gasteiger partial charge in [-0.05, 0) is 44.7 Å². The van der Waals surface area contributed by atoms with E-state index in [2.05, 4.69) is 24.5 Å². The SMILES string of the molecule is Cc1nccn1CC[C@@H]1CCCCN1C(=O)c1cnc(-c2ccncc2)nc1. The Bertz CT molecular complexity index is 922. The van der Waals surface area contributed by atoms with Crippen molar-refractivity contribution in [1.82, 2.24) is 29.4 Å². The van der Waals surface area contributed by atoms with Gasteiger partial charge in [0.05, 0.1) is 5.56 Å². The highest BCUT2D eigenvalue weighted by molar-refractivity contribution is 5.94. The minimum Gasteiger partial charge on any atom is -0.336 e. The lowest BCUT2D eigenvalue weighted by molar-refractivity contribution is 0.0594. The molecule has 1 atom stereocenters. The summed E-state index contributed by atoms with van der Waals surface area (Å²) in [6, 6.07) is 3.95. The monoisotopic (exact) mass is 376 g/mol. The predicted octanol–water partition coefficient (Wildman–Crippen LogP) is 3.13. The quantitative estimate of drug-likeness (QED) is 0.684. The van der Waals surface area contributed by atoms with Gasteiger partial charge in [-0.25, -0.2) is 15.0 Å². The molecule has 1 aliphatic heterocycles. The van der Waals surface area contributed by atoms with E-state index in [0.29, 0.717) is 11.4 Å².